The molecule has 8 aromatic rings. The first kappa shape index (κ1) is 35.8. The molecule has 2 heteroatoms. The molecule has 0 radical (unpaired) electrons. The second kappa shape index (κ2) is 12.8. The number of anilines is 2. The minimum absolute atomic E-state index is 0.166. The van der Waals surface area contributed by atoms with Gasteiger partial charge >= 0.3 is 0 Å². The highest BCUT2D eigenvalue weighted by Crippen LogP contribution is 2.60. The first-order chi connectivity index (χ1) is 30.3. The lowest BCUT2D eigenvalue weighted by Gasteiger charge is -2.31. The van der Waals surface area contributed by atoms with Crippen molar-refractivity contribution in [1.82, 2.24) is 4.57 Å². The van der Waals surface area contributed by atoms with Crippen molar-refractivity contribution in [1.29, 1.82) is 0 Å². The third-order valence-corrected chi connectivity index (χ3v) is 15.1. The van der Waals surface area contributed by atoms with Crippen molar-refractivity contribution < 1.29 is 0 Å². The van der Waals surface area contributed by atoms with E-state index in [9.17, 15) is 0 Å². The number of rotatable bonds is 4. The topological polar surface area (TPSA) is 8.17 Å². The maximum absolute atomic E-state index is 2.52. The standard InChI is InChI=1S/C60H48N2/c1-59(2)51-35-39(37-25-31-55-49(33-37)45-19-11-13-21-53(45)61(55)41-15-7-5-8-16-41)23-27-43(51)47-29-30-48-44-28-24-40(36-52(44)60(3,4)58(48)57(47)59)38-26-32-56-50(34-38)46-20-12-14-22-54(46)62(56)42-17-9-6-10-18-42/h5-13,15-21,23-36,45,53H,14,22H2,1-4H3. The van der Waals surface area contributed by atoms with Gasteiger partial charge in [-0.05, 0) is 146 Å². The second-order valence-corrected chi connectivity index (χ2v) is 19.2. The van der Waals surface area contributed by atoms with Crippen LogP contribution in [0.25, 0.3) is 67.2 Å². The Hall–Kier alpha value is -6.90. The van der Waals surface area contributed by atoms with Gasteiger partial charge in [-0.15, -0.1) is 0 Å². The maximum atomic E-state index is 2.52. The number of allylic oxidation sites excluding steroid dienone is 3. The van der Waals surface area contributed by atoms with Crippen LogP contribution >= 0.6 is 0 Å². The molecule has 0 saturated carbocycles. The fourth-order valence-electron chi connectivity index (χ4n) is 12.3. The van der Waals surface area contributed by atoms with Gasteiger partial charge in [-0.2, -0.15) is 0 Å². The van der Waals surface area contributed by atoms with Crippen molar-refractivity contribution >= 4 is 28.4 Å². The van der Waals surface area contributed by atoms with Crippen LogP contribution < -0.4 is 4.90 Å². The third kappa shape index (κ3) is 4.87. The fraction of sp³-hybridized carbons (Fsp3) is 0.167. The summed E-state index contributed by atoms with van der Waals surface area (Å²) in [4.78, 5) is 2.52. The normalized spacial score (nSPS) is 18.9. The Bertz CT molecular complexity index is 3300. The van der Waals surface area contributed by atoms with Crippen LogP contribution in [0.3, 0.4) is 0 Å². The molecule has 0 N–H and O–H groups in total. The van der Waals surface area contributed by atoms with E-state index in [1.165, 1.54) is 112 Å². The highest BCUT2D eigenvalue weighted by molar-refractivity contribution is 5.97. The summed E-state index contributed by atoms with van der Waals surface area (Å²) in [6.07, 6.45) is 16.0. The van der Waals surface area contributed by atoms with Gasteiger partial charge in [0.05, 0.1) is 11.6 Å². The Morgan fingerprint density at radius 2 is 1.10 bits per heavy atom. The molecule has 13 rings (SSSR count). The summed E-state index contributed by atoms with van der Waals surface area (Å²) in [5, 5.41) is 1.33. The van der Waals surface area contributed by atoms with E-state index in [2.05, 4.69) is 219 Å². The van der Waals surface area contributed by atoms with Gasteiger partial charge in [0.1, 0.15) is 0 Å². The molecule has 0 saturated heterocycles. The van der Waals surface area contributed by atoms with E-state index in [1.54, 1.807) is 0 Å². The maximum Gasteiger partial charge on any atom is 0.0629 e. The molecule has 298 valence electrons. The average molecular weight is 797 g/mol. The van der Waals surface area contributed by atoms with E-state index >= 15 is 0 Å². The second-order valence-electron chi connectivity index (χ2n) is 19.2. The molecule has 0 spiro atoms. The van der Waals surface area contributed by atoms with Crippen molar-refractivity contribution in [2.75, 3.05) is 4.90 Å². The highest BCUT2D eigenvalue weighted by Gasteiger charge is 2.46. The van der Waals surface area contributed by atoms with Crippen molar-refractivity contribution in [3.8, 4) is 50.2 Å². The summed E-state index contributed by atoms with van der Waals surface area (Å²) in [5.41, 5.74) is 25.4. The molecule has 1 aromatic heterocycles. The molecule has 62 heavy (non-hydrogen) atoms. The van der Waals surface area contributed by atoms with Crippen LogP contribution in [0, 0.1) is 0 Å². The molecule has 5 aliphatic rings. The summed E-state index contributed by atoms with van der Waals surface area (Å²) < 4.78 is 2.48. The van der Waals surface area contributed by atoms with Crippen LogP contribution in [0.15, 0.2) is 176 Å². The summed E-state index contributed by atoms with van der Waals surface area (Å²) in [6, 6.07) is 55.7. The third-order valence-electron chi connectivity index (χ3n) is 15.1. The zero-order valence-corrected chi connectivity index (χ0v) is 35.8. The number of fused-ring (bicyclic) bond motifs is 13. The molecule has 2 unspecified atom stereocenters. The van der Waals surface area contributed by atoms with Crippen molar-refractivity contribution in [3.63, 3.8) is 0 Å². The van der Waals surface area contributed by atoms with Crippen LogP contribution in [0.1, 0.15) is 79.1 Å². The number of nitrogens with zero attached hydrogens (tertiary/aromatic N) is 2. The van der Waals surface area contributed by atoms with Gasteiger partial charge in [0.15, 0.2) is 0 Å². The van der Waals surface area contributed by atoms with Crippen molar-refractivity contribution in [2.45, 2.75) is 63.3 Å². The van der Waals surface area contributed by atoms with Crippen LogP contribution in [0.4, 0.5) is 11.4 Å². The molecule has 7 aromatic carbocycles. The summed E-state index contributed by atoms with van der Waals surface area (Å²) in [7, 11) is 0. The first-order valence-corrected chi connectivity index (χ1v) is 22.5. The Morgan fingerprint density at radius 1 is 0.532 bits per heavy atom. The first-order valence-electron chi connectivity index (χ1n) is 22.5. The SMILES string of the molecule is CC1(C)c2cc(-c3ccc4c(c3)C3C=CC=CC3N4c3ccccc3)ccc2-c2ccc3c(c21)C(C)(C)c1cc(-c2ccc4c(c2)c2c(n4-c4ccccc4)CCC=C2)ccc1-3. The Balaban J connectivity index is 0.872. The lowest BCUT2D eigenvalue weighted by atomic mass is 9.72. The molecular formula is C60H48N2. The molecule has 0 fully saturated rings. The van der Waals surface area contributed by atoms with E-state index in [0.717, 1.165) is 12.8 Å². The van der Waals surface area contributed by atoms with Crippen molar-refractivity contribution in [2.24, 2.45) is 0 Å². The number of hydrogen-bond donors (Lipinski definition) is 0. The molecule has 0 amide bonds. The fourth-order valence-corrected chi connectivity index (χ4v) is 12.3. The summed E-state index contributed by atoms with van der Waals surface area (Å²) in [6.45, 7) is 9.84. The minimum Gasteiger partial charge on any atom is -0.333 e. The van der Waals surface area contributed by atoms with Gasteiger partial charge in [-0.3, -0.25) is 0 Å². The van der Waals surface area contributed by atoms with E-state index in [1.807, 2.05) is 0 Å². The Labute approximate surface area is 364 Å². The largest absolute Gasteiger partial charge is 0.333 e. The van der Waals surface area contributed by atoms with Gasteiger partial charge in [-0.25, -0.2) is 0 Å². The van der Waals surface area contributed by atoms with E-state index in [4.69, 9.17) is 0 Å². The molecule has 1 aliphatic heterocycles. The van der Waals surface area contributed by atoms with Gasteiger partial charge in [0, 0.05) is 50.5 Å². The van der Waals surface area contributed by atoms with Gasteiger partial charge in [-0.1, -0.05) is 149 Å². The van der Waals surface area contributed by atoms with Crippen molar-refractivity contribution in [3.05, 3.63) is 215 Å². The monoisotopic (exact) mass is 796 g/mol. The smallest absolute Gasteiger partial charge is 0.0629 e. The zero-order chi connectivity index (χ0) is 41.5. The molecule has 2 atom stereocenters. The highest BCUT2D eigenvalue weighted by atomic mass is 15.2. The minimum atomic E-state index is -0.167. The predicted octanol–water partition coefficient (Wildman–Crippen LogP) is 15.3. The van der Waals surface area contributed by atoms with Gasteiger partial charge in [0.25, 0.3) is 0 Å². The molecular weight excluding hydrogens is 749 g/mol. The van der Waals surface area contributed by atoms with E-state index < -0.39 is 0 Å². The van der Waals surface area contributed by atoms with Gasteiger partial charge in [0.2, 0.25) is 0 Å². The lowest BCUT2D eigenvalue weighted by molar-refractivity contribution is 0.601. The molecule has 2 nitrogen and oxygen atoms in total. The average Bonchev–Trinajstić information content (AvgIpc) is 3.97. The molecule has 4 aliphatic carbocycles. The number of para-hydroxylation sites is 2. The quantitative estimate of drug-likeness (QED) is 0.172. The number of benzene rings is 7. The molecule has 0 bridgehead atoms. The van der Waals surface area contributed by atoms with E-state index in [0.29, 0.717) is 5.92 Å². The zero-order valence-electron chi connectivity index (χ0n) is 35.8. The molecule has 2 heterocycles. The summed E-state index contributed by atoms with van der Waals surface area (Å²) >= 11 is 0. The summed E-state index contributed by atoms with van der Waals surface area (Å²) in [5.74, 6) is 0.323. The number of aromatic nitrogens is 1. The van der Waals surface area contributed by atoms with Gasteiger partial charge < -0.3 is 9.47 Å². The lowest BCUT2D eigenvalue weighted by Crippen LogP contribution is -2.28. The predicted molar refractivity (Wildman–Crippen MR) is 260 cm³/mol. The van der Waals surface area contributed by atoms with E-state index in [-0.39, 0.29) is 16.9 Å². The van der Waals surface area contributed by atoms with Crippen LogP contribution in [0.2, 0.25) is 0 Å². The Morgan fingerprint density at radius 3 is 1.77 bits per heavy atom. The number of hydrogen-bond acceptors (Lipinski definition) is 1. The van der Waals surface area contributed by atoms with Crippen LogP contribution in [0.5, 0.6) is 0 Å². The Kier molecular flexibility index (Phi) is 7.40. The van der Waals surface area contributed by atoms with Crippen LogP contribution in [-0.4, -0.2) is 10.6 Å². The van der Waals surface area contributed by atoms with Crippen LogP contribution in [-0.2, 0) is 17.3 Å².